The molecule has 0 spiro atoms. The summed E-state index contributed by atoms with van der Waals surface area (Å²) < 4.78 is 1.81. The molecule has 0 bridgehead atoms. The molecule has 1 amide bonds. The van der Waals surface area contributed by atoms with E-state index in [4.69, 9.17) is 11.6 Å². The Morgan fingerprint density at radius 2 is 2.24 bits per heavy atom. The van der Waals surface area contributed by atoms with Gasteiger partial charge in [0.2, 0.25) is 0 Å². The molecule has 2 rings (SSSR count). The number of aromatic nitrogens is 2. The lowest BCUT2D eigenvalue weighted by atomic mass is 10.2. The Morgan fingerprint density at radius 1 is 1.48 bits per heavy atom. The number of hydrogen-bond acceptors (Lipinski definition) is 3. The van der Waals surface area contributed by atoms with E-state index in [0.717, 1.165) is 11.3 Å². The molecule has 4 nitrogen and oxygen atoms in total. The van der Waals surface area contributed by atoms with Crippen LogP contribution in [-0.4, -0.2) is 21.9 Å². The molecule has 2 aromatic rings. The predicted molar refractivity (Wildman–Crippen MR) is 88.4 cm³/mol. The van der Waals surface area contributed by atoms with Crippen LogP contribution in [0.5, 0.6) is 0 Å². The number of thioether (sulfide) groups is 1. The first kappa shape index (κ1) is 15.9. The van der Waals surface area contributed by atoms with Gasteiger partial charge in [-0.3, -0.25) is 4.79 Å². The van der Waals surface area contributed by atoms with E-state index in [1.807, 2.05) is 17.0 Å². The van der Waals surface area contributed by atoms with Gasteiger partial charge in [0.05, 0.1) is 22.8 Å². The van der Waals surface area contributed by atoms with Crippen LogP contribution in [0.25, 0.3) is 0 Å². The van der Waals surface area contributed by atoms with Crippen LogP contribution in [0, 0.1) is 0 Å². The highest BCUT2D eigenvalue weighted by atomic mass is 35.5. The fourth-order valence-electron chi connectivity index (χ4n) is 1.93. The van der Waals surface area contributed by atoms with Crippen LogP contribution in [0.3, 0.4) is 0 Å². The lowest BCUT2D eigenvalue weighted by molar-refractivity contribution is 0.102. The highest BCUT2D eigenvalue weighted by Gasteiger charge is 2.15. The molecule has 6 heteroatoms. The third-order valence-electron chi connectivity index (χ3n) is 3.34. The number of hydrogen-bond donors (Lipinski definition) is 1. The van der Waals surface area contributed by atoms with E-state index in [1.165, 1.54) is 0 Å². The summed E-state index contributed by atoms with van der Waals surface area (Å²) in [5, 5.41) is 7.58. The molecular weight excluding hydrogens is 306 g/mol. The quantitative estimate of drug-likeness (QED) is 0.825. The van der Waals surface area contributed by atoms with Gasteiger partial charge in [0, 0.05) is 11.0 Å². The van der Waals surface area contributed by atoms with Gasteiger partial charge >= 0.3 is 0 Å². The Hall–Kier alpha value is -1.46. The molecule has 0 fully saturated rings. The SMILES string of the molecule is CCC(C)n1nccc1NC(=O)c1cc(SC)ccc1Cl. The van der Waals surface area contributed by atoms with Gasteiger partial charge in [0.15, 0.2) is 0 Å². The number of anilines is 1. The largest absolute Gasteiger partial charge is 0.307 e. The number of rotatable bonds is 5. The monoisotopic (exact) mass is 323 g/mol. The van der Waals surface area contributed by atoms with Crippen LogP contribution in [0.2, 0.25) is 5.02 Å². The van der Waals surface area contributed by atoms with Crippen LogP contribution in [0.15, 0.2) is 35.4 Å². The molecule has 0 aliphatic rings. The summed E-state index contributed by atoms with van der Waals surface area (Å²) in [5.41, 5.74) is 0.473. The minimum Gasteiger partial charge on any atom is -0.307 e. The van der Waals surface area contributed by atoms with Crippen molar-refractivity contribution < 1.29 is 4.79 Å². The maximum atomic E-state index is 12.4. The standard InChI is InChI=1S/C15H18ClN3OS/c1-4-10(2)19-14(7-8-17-19)18-15(20)12-9-11(21-3)5-6-13(12)16/h5-10H,4H2,1-3H3,(H,18,20). The number of nitrogens with one attached hydrogen (secondary N) is 1. The second-order valence-corrected chi connectivity index (χ2v) is 6.01. The summed E-state index contributed by atoms with van der Waals surface area (Å²) in [6, 6.07) is 7.45. The van der Waals surface area contributed by atoms with Crippen molar-refractivity contribution in [1.29, 1.82) is 0 Å². The highest BCUT2D eigenvalue weighted by Crippen LogP contribution is 2.24. The normalized spacial score (nSPS) is 12.2. The molecule has 0 aliphatic carbocycles. The molecule has 1 aromatic heterocycles. The van der Waals surface area contributed by atoms with Gasteiger partial charge < -0.3 is 5.32 Å². The first-order chi connectivity index (χ1) is 10.1. The first-order valence-corrected chi connectivity index (χ1v) is 8.35. The van der Waals surface area contributed by atoms with Crippen molar-refractivity contribution in [2.45, 2.75) is 31.2 Å². The van der Waals surface area contributed by atoms with E-state index in [9.17, 15) is 4.79 Å². The molecular formula is C15H18ClN3OS. The number of halogens is 1. The van der Waals surface area contributed by atoms with E-state index < -0.39 is 0 Å². The minimum atomic E-state index is -0.221. The smallest absolute Gasteiger partial charge is 0.258 e. The summed E-state index contributed by atoms with van der Waals surface area (Å²) in [5.74, 6) is 0.459. The van der Waals surface area contributed by atoms with Gasteiger partial charge in [-0.2, -0.15) is 5.10 Å². The van der Waals surface area contributed by atoms with Crippen molar-refractivity contribution >= 4 is 35.1 Å². The Balaban J connectivity index is 2.24. The summed E-state index contributed by atoms with van der Waals surface area (Å²) in [7, 11) is 0. The summed E-state index contributed by atoms with van der Waals surface area (Å²) in [6.07, 6.45) is 4.58. The topological polar surface area (TPSA) is 46.9 Å². The van der Waals surface area contributed by atoms with Gasteiger partial charge in [0.1, 0.15) is 5.82 Å². The third-order valence-corrected chi connectivity index (χ3v) is 4.39. The molecule has 0 saturated heterocycles. The van der Waals surface area contributed by atoms with E-state index in [2.05, 4.69) is 24.3 Å². The van der Waals surface area contributed by atoms with E-state index in [-0.39, 0.29) is 11.9 Å². The molecule has 112 valence electrons. The van der Waals surface area contributed by atoms with E-state index in [1.54, 1.807) is 36.2 Å². The minimum absolute atomic E-state index is 0.221. The van der Waals surface area contributed by atoms with Gasteiger partial charge in [-0.1, -0.05) is 18.5 Å². The van der Waals surface area contributed by atoms with Gasteiger partial charge in [-0.25, -0.2) is 4.68 Å². The van der Waals surface area contributed by atoms with Gasteiger partial charge in [0.25, 0.3) is 5.91 Å². The molecule has 1 aromatic carbocycles. The first-order valence-electron chi connectivity index (χ1n) is 6.75. The van der Waals surface area contributed by atoms with E-state index in [0.29, 0.717) is 16.4 Å². The molecule has 0 saturated carbocycles. The number of carbonyl (C=O) groups is 1. The average molecular weight is 324 g/mol. The molecule has 1 unspecified atom stereocenters. The lowest BCUT2D eigenvalue weighted by Crippen LogP contribution is -2.17. The van der Waals surface area contributed by atoms with Gasteiger partial charge in [-0.15, -0.1) is 11.8 Å². The highest BCUT2D eigenvalue weighted by molar-refractivity contribution is 7.98. The van der Waals surface area contributed by atoms with Crippen molar-refractivity contribution in [3.05, 3.63) is 41.0 Å². The number of amides is 1. The van der Waals surface area contributed by atoms with Crippen LogP contribution in [0.4, 0.5) is 5.82 Å². The maximum absolute atomic E-state index is 12.4. The van der Waals surface area contributed by atoms with Gasteiger partial charge in [-0.05, 0) is 37.8 Å². The second-order valence-electron chi connectivity index (χ2n) is 4.72. The van der Waals surface area contributed by atoms with Crippen molar-refractivity contribution in [2.24, 2.45) is 0 Å². The Bertz CT molecular complexity index is 642. The predicted octanol–water partition coefficient (Wildman–Crippen LogP) is 4.48. The third kappa shape index (κ3) is 3.60. The van der Waals surface area contributed by atoms with Crippen molar-refractivity contribution in [3.63, 3.8) is 0 Å². The summed E-state index contributed by atoms with van der Waals surface area (Å²) >= 11 is 7.70. The Morgan fingerprint density at radius 3 is 2.90 bits per heavy atom. The summed E-state index contributed by atoms with van der Waals surface area (Å²) in [4.78, 5) is 13.4. The van der Waals surface area contributed by atoms with Crippen molar-refractivity contribution in [1.82, 2.24) is 9.78 Å². The molecule has 1 N–H and O–H groups in total. The van der Waals surface area contributed by atoms with Crippen molar-refractivity contribution in [3.8, 4) is 0 Å². The number of nitrogens with zero attached hydrogens (tertiary/aromatic N) is 2. The summed E-state index contributed by atoms with van der Waals surface area (Å²) in [6.45, 7) is 4.14. The fourth-order valence-corrected chi connectivity index (χ4v) is 2.57. The second kappa shape index (κ2) is 7.00. The fraction of sp³-hybridized carbons (Fsp3) is 0.333. The molecule has 0 radical (unpaired) electrons. The zero-order valence-corrected chi connectivity index (χ0v) is 13.8. The molecule has 1 heterocycles. The zero-order valence-electron chi connectivity index (χ0n) is 12.3. The van der Waals surface area contributed by atoms with Crippen molar-refractivity contribution in [2.75, 3.05) is 11.6 Å². The average Bonchev–Trinajstić information content (AvgIpc) is 2.95. The Labute approximate surface area is 133 Å². The maximum Gasteiger partial charge on any atom is 0.258 e. The number of benzene rings is 1. The van der Waals surface area contributed by atoms with Crippen LogP contribution < -0.4 is 5.32 Å². The molecule has 1 atom stereocenters. The van der Waals surface area contributed by atoms with Crippen LogP contribution in [-0.2, 0) is 0 Å². The van der Waals surface area contributed by atoms with Crippen LogP contribution >= 0.6 is 23.4 Å². The molecule has 0 aliphatic heterocycles. The molecule has 21 heavy (non-hydrogen) atoms. The number of carbonyl (C=O) groups excluding carboxylic acids is 1. The van der Waals surface area contributed by atoms with E-state index >= 15 is 0 Å². The Kier molecular flexibility index (Phi) is 5.31. The van der Waals surface area contributed by atoms with Crippen LogP contribution in [0.1, 0.15) is 36.7 Å². The zero-order chi connectivity index (χ0) is 15.4. The lowest BCUT2D eigenvalue weighted by Gasteiger charge is -2.14.